The van der Waals surface area contributed by atoms with Gasteiger partial charge in [-0.15, -0.1) is 0 Å². The second-order valence-corrected chi connectivity index (χ2v) is 4.63. The summed E-state index contributed by atoms with van der Waals surface area (Å²) in [5.74, 6) is -0.987. The third-order valence-corrected chi connectivity index (χ3v) is 3.14. The number of hydrogen-bond acceptors (Lipinski definition) is 2. The fourth-order valence-corrected chi connectivity index (χ4v) is 2.06. The van der Waals surface area contributed by atoms with Gasteiger partial charge >= 0.3 is 0 Å². The zero-order valence-corrected chi connectivity index (χ0v) is 11.9. The lowest BCUT2D eigenvalue weighted by atomic mass is 10.0. The Morgan fingerprint density at radius 1 is 1.21 bits per heavy atom. The molecular formula is C15H23F2NO. The molecule has 0 amide bonds. The zero-order valence-electron chi connectivity index (χ0n) is 11.9. The first-order valence-corrected chi connectivity index (χ1v) is 6.88. The minimum atomic E-state index is -0.494. The Hall–Kier alpha value is -1.00. The maximum atomic E-state index is 13.7. The van der Waals surface area contributed by atoms with Crippen molar-refractivity contribution < 1.29 is 13.5 Å². The lowest BCUT2D eigenvalue weighted by Gasteiger charge is -2.25. The quantitative estimate of drug-likeness (QED) is 0.783. The predicted octanol–water partition coefficient (Wildman–Crippen LogP) is 3.30. The molecule has 0 heterocycles. The van der Waals surface area contributed by atoms with E-state index in [-0.39, 0.29) is 17.7 Å². The van der Waals surface area contributed by atoms with E-state index in [1.54, 1.807) is 0 Å². The van der Waals surface area contributed by atoms with Crippen LogP contribution >= 0.6 is 0 Å². The van der Waals surface area contributed by atoms with Crippen LogP contribution in [0.3, 0.4) is 0 Å². The number of halogens is 2. The highest BCUT2D eigenvalue weighted by atomic mass is 19.1. The van der Waals surface area contributed by atoms with Gasteiger partial charge in [0.15, 0.2) is 0 Å². The number of nitrogens with one attached hydrogen (secondary N) is 1. The predicted molar refractivity (Wildman–Crippen MR) is 73.2 cm³/mol. The molecule has 1 aromatic carbocycles. The van der Waals surface area contributed by atoms with Crippen LogP contribution in [-0.2, 0) is 11.2 Å². The fourth-order valence-electron chi connectivity index (χ4n) is 2.06. The summed E-state index contributed by atoms with van der Waals surface area (Å²) >= 11 is 0. The maximum absolute atomic E-state index is 13.7. The molecule has 2 unspecified atom stereocenters. The Morgan fingerprint density at radius 3 is 2.37 bits per heavy atom. The van der Waals surface area contributed by atoms with Crippen molar-refractivity contribution in [1.29, 1.82) is 0 Å². The van der Waals surface area contributed by atoms with E-state index >= 15 is 0 Å². The van der Waals surface area contributed by atoms with E-state index in [9.17, 15) is 8.78 Å². The topological polar surface area (TPSA) is 21.3 Å². The van der Waals surface area contributed by atoms with Gasteiger partial charge < -0.3 is 10.1 Å². The Bertz CT molecular complexity index is 364. The molecule has 1 N–H and O–H groups in total. The van der Waals surface area contributed by atoms with E-state index in [1.165, 1.54) is 18.2 Å². The fraction of sp³-hybridized carbons (Fsp3) is 0.600. The van der Waals surface area contributed by atoms with Crippen LogP contribution in [-0.4, -0.2) is 25.3 Å². The van der Waals surface area contributed by atoms with Crippen molar-refractivity contribution in [3.63, 3.8) is 0 Å². The summed E-state index contributed by atoms with van der Waals surface area (Å²) in [6, 6.07) is 3.88. The first-order valence-electron chi connectivity index (χ1n) is 6.88. The standard InChI is InChI=1S/C15H23F2NO/c1-4-9-18-15(11(3)19-5-2)10-12-13(16)7-6-8-14(12)17/h6-8,11,15,18H,4-5,9-10H2,1-3H3. The van der Waals surface area contributed by atoms with Crippen molar-refractivity contribution in [2.24, 2.45) is 0 Å². The average molecular weight is 271 g/mol. The maximum Gasteiger partial charge on any atom is 0.129 e. The number of ether oxygens (including phenoxy) is 1. The minimum Gasteiger partial charge on any atom is -0.377 e. The van der Waals surface area contributed by atoms with Crippen LogP contribution in [0.25, 0.3) is 0 Å². The Balaban J connectivity index is 2.81. The van der Waals surface area contributed by atoms with Crippen LogP contribution in [0.5, 0.6) is 0 Å². The van der Waals surface area contributed by atoms with Crippen molar-refractivity contribution in [2.45, 2.75) is 45.8 Å². The molecule has 0 fully saturated rings. The highest BCUT2D eigenvalue weighted by Crippen LogP contribution is 2.16. The summed E-state index contributed by atoms with van der Waals surface area (Å²) in [5, 5.41) is 3.30. The number of benzene rings is 1. The summed E-state index contributed by atoms with van der Waals surface area (Å²) < 4.78 is 32.9. The van der Waals surface area contributed by atoms with Gasteiger partial charge in [0.05, 0.1) is 6.10 Å². The van der Waals surface area contributed by atoms with Crippen LogP contribution in [0.15, 0.2) is 18.2 Å². The van der Waals surface area contributed by atoms with Crippen molar-refractivity contribution in [3.8, 4) is 0 Å². The molecule has 0 bridgehead atoms. The van der Waals surface area contributed by atoms with E-state index in [4.69, 9.17) is 4.74 Å². The second kappa shape index (κ2) is 8.23. The summed E-state index contributed by atoms with van der Waals surface area (Å²) in [4.78, 5) is 0. The summed E-state index contributed by atoms with van der Waals surface area (Å²) in [6.45, 7) is 7.29. The molecule has 0 saturated carbocycles. The summed E-state index contributed by atoms with van der Waals surface area (Å²) in [7, 11) is 0. The molecule has 0 aliphatic carbocycles. The third-order valence-electron chi connectivity index (χ3n) is 3.14. The largest absolute Gasteiger partial charge is 0.377 e. The van der Waals surface area contributed by atoms with E-state index in [0.717, 1.165) is 13.0 Å². The molecule has 0 aliphatic rings. The van der Waals surface area contributed by atoms with E-state index in [2.05, 4.69) is 12.2 Å². The van der Waals surface area contributed by atoms with Crippen molar-refractivity contribution in [3.05, 3.63) is 35.4 Å². The Morgan fingerprint density at radius 2 is 1.84 bits per heavy atom. The molecule has 0 aromatic heterocycles. The SMILES string of the molecule is CCCNC(Cc1c(F)cccc1F)C(C)OCC. The van der Waals surface area contributed by atoms with E-state index < -0.39 is 11.6 Å². The average Bonchev–Trinajstić information content (AvgIpc) is 2.37. The van der Waals surface area contributed by atoms with Gasteiger partial charge in [0.1, 0.15) is 11.6 Å². The Kier molecular flexibility index (Phi) is 6.95. The van der Waals surface area contributed by atoms with Crippen molar-refractivity contribution in [2.75, 3.05) is 13.2 Å². The summed E-state index contributed by atoms with van der Waals surface area (Å²) in [5.41, 5.74) is 0.127. The zero-order chi connectivity index (χ0) is 14.3. The summed E-state index contributed by atoms with van der Waals surface area (Å²) in [6.07, 6.45) is 1.17. The van der Waals surface area contributed by atoms with Crippen molar-refractivity contribution in [1.82, 2.24) is 5.32 Å². The van der Waals surface area contributed by atoms with Gasteiger partial charge in [-0.2, -0.15) is 0 Å². The molecule has 0 radical (unpaired) electrons. The third kappa shape index (κ3) is 4.88. The van der Waals surface area contributed by atoms with Crippen LogP contribution < -0.4 is 5.32 Å². The molecule has 19 heavy (non-hydrogen) atoms. The lowest BCUT2D eigenvalue weighted by molar-refractivity contribution is 0.0472. The van der Waals surface area contributed by atoms with Gasteiger partial charge in [0.2, 0.25) is 0 Å². The first kappa shape index (κ1) is 16.1. The smallest absolute Gasteiger partial charge is 0.129 e. The second-order valence-electron chi connectivity index (χ2n) is 4.63. The minimum absolute atomic E-state index is 0.0874. The highest BCUT2D eigenvalue weighted by Gasteiger charge is 2.20. The van der Waals surface area contributed by atoms with Crippen LogP contribution in [0, 0.1) is 11.6 Å². The van der Waals surface area contributed by atoms with Gasteiger partial charge in [-0.3, -0.25) is 0 Å². The number of rotatable bonds is 8. The van der Waals surface area contributed by atoms with Gasteiger partial charge in [-0.1, -0.05) is 13.0 Å². The molecule has 0 spiro atoms. The van der Waals surface area contributed by atoms with Crippen molar-refractivity contribution >= 4 is 0 Å². The van der Waals surface area contributed by atoms with Gasteiger partial charge in [0, 0.05) is 18.2 Å². The highest BCUT2D eigenvalue weighted by molar-refractivity contribution is 5.21. The van der Waals surface area contributed by atoms with Crippen LogP contribution in [0.4, 0.5) is 8.78 Å². The molecular weight excluding hydrogens is 248 g/mol. The molecule has 4 heteroatoms. The molecule has 2 atom stereocenters. The first-order chi connectivity index (χ1) is 9.10. The number of hydrogen-bond donors (Lipinski definition) is 1. The molecule has 1 aromatic rings. The molecule has 0 aliphatic heterocycles. The van der Waals surface area contributed by atoms with Crippen LogP contribution in [0.1, 0.15) is 32.8 Å². The molecule has 108 valence electrons. The van der Waals surface area contributed by atoms with Crippen LogP contribution in [0.2, 0.25) is 0 Å². The molecule has 2 nitrogen and oxygen atoms in total. The van der Waals surface area contributed by atoms with Gasteiger partial charge in [0.25, 0.3) is 0 Å². The Labute approximate surface area is 114 Å². The van der Waals surface area contributed by atoms with E-state index in [0.29, 0.717) is 13.0 Å². The van der Waals surface area contributed by atoms with Gasteiger partial charge in [-0.05, 0) is 45.4 Å². The molecule has 0 saturated heterocycles. The monoisotopic (exact) mass is 271 g/mol. The van der Waals surface area contributed by atoms with E-state index in [1.807, 2.05) is 13.8 Å². The van der Waals surface area contributed by atoms with Gasteiger partial charge in [-0.25, -0.2) is 8.78 Å². The molecule has 1 rings (SSSR count). The normalized spacial score (nSPS) is 14.4. The lowest BCUT2D eigenvalue weighted by Crippen LogP contribution is -2.42.